The van der Waals surface area contributed by atoms with Crippen LogP contribution in [0.2, 0.25) is 0 Å². The second kappa shape index (κ2) is 7.98. The molecule has 0 heterocycles. The fraction of sp³-hybridized carbons (Fsp3) is 1.00. The first kappa shape index (κ1) is 10.9. The highest BCUT2D eigenvalue weighted by Gasteiger charge is 1.96. The first-order valence-electron chi connectivity index (χ1n) is 4.11. The predicted octanol–water partition coefficient (Wildman–Crippen LogP) is 0.241. The van der Waals surface area contributed by atoms with Gasteiger partial charge in [0.2, 0.25) is 0 Å². The predicted molar refractivity (Wildman–Crippen MR) is 45.6 cm³/mol. The van der Waals surface area contributed by atoms with Gasteiger partial charge in [0.15, 0.2) is 0 Å². The van der Waals surface area contributed by atoms with Crippen LogP contribution in [-0.2, 0) is 4.74 Å². The summed E-state index contributed by atoms with van der Waals surface area (Å²) < 4.78 is 4.89. The zero-order chi connectivity index (χ0) is 8.53. The minimum absolute atomic E-state index is 0.261. The summed E-state index contributed by atoms with van der Waals surface area (Å²) in [7, 11) is 1.70. The average Bonchev–Trinajstić information content (AvgIpc) is 2.04. The Morgan fingerprint density at radius 2 is 2.27 bits per heavy atom. The summed E-state index contributed by atoms with van der Waals surface area (Å²) in [5.74, 6) is 0.359. The summed E-state index contributed by atoms with van der Waals surface area (Å²) in [6, 6.07) is 0. The molecule has 0 fully saturated rings. The highest BCUT2D eigenvalue weighted by Crippen LogP contribution is 1.88. The smallest absolute Gasteiger partial charge is 0.0474 e. The Hall–Kier alpha value is -0.120. The van der Waals surface area contributed by atoms with E-state index in [1.807, 2.05) is 6.92 Å². The maximum Gasteiger partial charge on any atom is 0.0474 e. The molecule has 0 bridgehead atoms. The third kappa shape index (κ3) is 7.78. The van der Waals surface area contributed by atoms with Crippen molar-refractivity contribution in [2.24, 2.45) is 5.92 Å². The van der Waals surface area contributed by atoms with Gasteiger partial charge in [0.05, 0.1) is 0 Å². The van der Waals surface area contributed by atoms with Gasteiger partial charge in [-0.2, -0.15) is 0 Å². The molecule has 0 aromatic rings. The first-order valence-corrected chi connectivity index (χ1v) is 4.11. The summed E-state index contributed by atoms with van der Waals surface area (Å²) >= 11 is 0. The van der Waals surface area contributed by atoms with E-state index in [2.05, 4.69) is 5.32 Å². The zero-order valence-corrected chi connectivity index (χ0v) is 7.47. The first-order chi connectivity index (χ1) is 5.31. The summed E-state index contributed by atoms with van der Waals surface area (Å²) in [5, 5.41) is 11.9. The molecule has 1 unspecified atom stereocenters. The molecule has 2 N–H and O–H groups in total. The van der Waals surface area contributed by atoms with Crippen LogP contribution in [0.5, 0.6) is 0 Å². The number of rotatable bonds is 7. The van der Waals surface area contributed by atoms with Gasteiger partial charge in [0.25, 0.3) is 0 Å². The molecule has 0 saturated heterocycles. The minimum atomic E-state index is 0.261. The van der Waals surface area contributed by atoms with E-state index in [-0.39, 0.29) is 6.61 Å². The molecule has 0 aliphatic rings. The van der Waals surface area contributed by atoms with Gasteiger partial charge in [0, 0.05) is 20.3 Å². The van der Waals surface area contributed by atoms with E-state index in [4.69, 9.17) is 9.84 Å². The molecule has 0 aromatic heterocycles. The van der Waals surface area contributed by atoms with E-state index < -0.39 is 0 Å². The quantitative estimate of drug-likeness (QED) is 0.526. The minimum Gasteiger partial charge on any atom is -0.396 e. The molecule has 0 aliphatic carbocycles. The molecule has 0 amide bonds. The van der Waals surface area contributed by atoms with Crippen LogP contribution in [0.1, 0.15) is 13.3 Å². The number of aliphatic hydroxyl groups is 1. The van der Waals surface area contributed by atoms with Crippen LogP contribution in [0.15, 0.2) is 0 Å². The van der Waals surface area contributed by atoms with Crippen molar-refractivity contribution in [2.75, 3.05) is 33.4 Å². The molecular weight excluding hydrogens is 142 g/mol. The Labute approximate surface area is 68.8 Å². The monoisotopic (exact) mass is 161 g/mol. The highest BCUT2D eigenvalue weighted by molar-refractivity contribution is 4.54. The SMILES string of the molecule is COCCCNCC(C)CO. The van der Waals surface area contributed by atoms with Crippen LogP contribution in [0, 0.1) is 5.92 Å². The molecule has 0 aliphatic heterocycles. The topological polar surface area (TPSA) is 41.5 Å². The van der Waals surface area contributed by atoms with E-state index in [9.17, 15) is 0 Å². The number of hydrogen-bond acceptors (Lipinski definition) is 3. The lowest BCUT2D eigenvalue weighted by Crippen LogP contribution is -2.24. The van der Waals surface area contributed by atoms with Crippen LogP contribution in [-0.4, -0.2) is 38.5 Å². The summed E-state index contributed by atoms with van der Waals surface area (Å²) in [4.78, 5) is 0. The molecule has 3 nitrogen and oxygen atoms in total. The number of ether oxygens (including phenoxy) is 1. The molecule has 0 saturated carbocycles. The number of nitrogens with one attached hydrogen (secondary N) is 1. The summed E-state index contributed by atoms with van der Waals surface area (Å²) in [6.45, 7) is 4.94. The van der Waals surface area contributed by atoms with E-state index >= 15 is 0 Å². The highest BCUT2D eigenvalue weighted by atomic mass is 16.5. The van der Waals surface area contributed by atoms with Crippen molar-refractivity contribution in [3.05, 3.63) is 0 Å². The van der Waals surface area contributed by atoms with E-state index in [0.29, 0.717) is 5.92 Å². The van der Waals surface area contributed by atoms with Crippen molar-refractivity contribution in [3.63, 3.8) is 0 Å². The lowest BCUT2D eigenvalue weighted by Gasteiger charge is -2.08. The zero-order valence-electron chi connectivity index (χ0n) is 7.47. The van der Waals surface area contributed by atoms with Crippen molar-refractivity contribution < 1.29 is 9.84 Å². The third-order valence-corrected chi connectivity index (χ3v) is 1.51. The Balaban J connectivity index is 2.89. The number of hydrogen-bond donors (Lipinski definition) is 2. The molecule has 0 radical (unpaired) electrons. The molecule has 0 spiro atoms. The van der Waals surface area contributed by atoms with Crippen molar-refractivity contribution in [3.8, 4) is 0 Å². The Kier molecular flexibility index (Phi) is 7.89. The normalized spacial score (nSPS) is 13.4. The second-order valence-corrected chi connectivity index (χ2v) is 2.84. The van der Waals surface area contributed by atoms with Crippen molar-refractivity contribution in [2.45, 2.75) is 13.3 Å². The van der Waals surface area contributed by atoms with E-state index in [0.717, 1.165) is 26.1 Å². The lowest BCUT2D eigenvalue weighted by atomic mass is 10.2. The summed E-state index contributed by atoms with van der Waals surface area (Å²) in [5.41, 5.74) is 0. The van der Waals surface area contributed by atoms with Crippen LogP contribution in [0.4, 0.5) is 0 Å². The number of methoxy groups -OCH3 is 1. The molecule has 68 valence electrons. The fourth-order valence-electron chi connectivity index (χ4n) is 0.755. The van der Waals surface area contributed by atoms with Crippen molar-refractivity contribution >= 4 is 0 Å². The van der Waals surface area contributed by atoms with E-state index in [1.54, 1.807) is 7.11 Å². The average molecular weight is 161 g/mol. The molecular formula is C8H19NO2. The molecule has 0 aromatic carbocycles. The van der Waals surface area contributed by atoms with Crippen LogP contribution < -0.4 is 5.32 Å². The maximum absolute atomic E-state index is 8.67. The van der Waals surface area contributed by atoms with Gasteiger partial charge in [-0.1, -0.05) is 6.92 Å². The van der Waals surface area contributed by atoms with Crippen LogP contribution in [0.3, 0.4) is 0 Å². The Bertz CT molecular complexity index is 78.5. The van der Waals surface area contributed by atoms with Gasteiger partial charge in [-0.25, -0.2) is 0 Å². The largest absolute Gasteiger partial charge is 0.396 e. The van der Waals surface area contributed by atoms with Crippen molar-refractivity contribution in [1.82, 2.24) is 5.32 Å². The van der Waals surface area contributed by atoms with Crippen LogP contribution in [0.25, 0.3) is 0 Å². The second-order valence-electron chi connectivity index (χ2n) is 2.84. The van der Waals surface area contributed by atoms with Gasteiger partial charge in [0.1, 0.15) is 0 Å². The lowest BCUT2D eigenvalue weighted by molar-refractivity contribution is 0.192. The van der Waals surface area contributed by atoms with Gasteiger partial charge >= 0.3 is 0 Å². The fourth-order valence-corrected chi connectivity index (χ4v) is 0.755. The Morgan fingerprint density at radius 1 is 1.55 bits per heavy atom. The summed E-state index contributed by atoms with van der Waals surface area (Å²) in [6.07, 6.45) is 1.04. The standard InChI is InChI=1S/C8H19NO2/c1-8(7-10)6-9-4-3-5-11-2/h8-10H,3-7H2,1-2H3. The third-order valence-electron chi connectivity index (χ3n) is 1.51. The molecule has 11 heavy (non-hydrogen) atoms. The van der Waals surface area contributed by atoms with Crippen LogP contribution >= 0.6 is 0 Å². The van der Waals surface area contributed by atoms with Gasteiger partial charge in [-0.15, -0.1) is 0 Å². The van der Waals surface area contributed by atoms with Gasteiger partial charge < -0.3 is 15.2 Å². The molecule has 1 atom stereocenters. The molecule has 0 rings (SSSR count). The Morgan fingerprint density at radius 3 is 2.82 bits per heavy atom. The van der Waals surface area contributed by atoms with Gasteiger partial charge in [-0.3, -0.25) is 0 Å². The molecule has 3 heteroatoms. The maximum atomic E-state index is 8.67. The van der Waals surface area contributed by atoms with Crippen molar-refractivity contribution in [1.29, 1.82) is 0 Å². The van der Waals surface area contributed by atoms with Gasteiger partial charge in [-0.05, 0) is 25.4 Å². The van der Waals surface area contributed by atoms with E-state index in [1.165, 1.54) is 0 Å². The number of aliphatic hydroxyl groups excluding tert-OH is 1.